The van der Waals surface area contributed by atoms with Crippen LogP contribution in [0.25, 0.3) is 0 Å². The number of carbonyl (C=O) groups is 1. The van der Waals surface area contributed by atoms with Crippen molar-refractivity contribution in [2.75, 3.05) is 26.2 Å². The van der Waals surface area contributed by atoms with E-state index in [0.717, 1.165) is 43.6 Å². The van der Waals surface area contributed by atoms with E-state index in [1.54, 1.807) is 0 Å². The van der Waals surface area contributed by atoms with E-state index in [-0.39, 0.29) is 6.03 Å². The molecule has 5 nitrogen and oxygen atoms in total. The van der Waals surface area contributed by atoms with Crippen LogP contribution in [0.3, 0.4) is 0 Å². The molecule has 1 N–H and O–H groups in total. The molecular formula is C20H22ClN3O2. The van der Waals surface area contributed by atoms with E-state index in [9.17, 15) is 4.79 Å². The lowest BCUT2D eigenvalue weighted by atomic mass is 10.0. The number of carbonyl (C=O) groups excluding carboxylic acids is 1. The first-order valence-electron chi connectivity index (χ1n) is 9.12. The van der Waals surface area contributed by atoms with E-state index in [0.29, 0.717) is 18.1 Å². The molecule has 0 radical (unpaired) electrons. The number of hydrogen-bond donors (Lipinski definition) is 1. The molecule has 1 unspecified atom stereocenters. The molecule has 0 aliphatic carbocycles. The SMILES string of the molecule is O=C(N1CCCCC1)N1CCC2(C=C(C#Cc3cccc(Cl)c3)NO2)C1. The van der Waals surface area contributed by atoms with Crippen LogP contribution in [0.4, 0.5) is 4.79 Å². The number of hydrogen-bond acceptors (Lipinski definition) is 3. The summed E-state index contributed by atoms with van der Waals surface area (Å²) in [5, 5.41) is 0.667. The van der Waals surface area contributed by atoms with E-state index in [1.807, 2.05) is 40.1 Å². The minimum absolute atomic E-state index is 0.136. The molecule has 3 heterocycles. The Labute approximate surface area is 158 Å². The van der Waals surface area contributed by atoms with Crippen molar-refractivity contribution in [3.8, 4) is 11.8 Å². The standard InChI is InChI=1S/C20H22ClN3O2/c21-17-6-4-5-16(13-17)7-8-18-14-20(26-22-18)9-12-24(15-20)19(25)23-10-2-1-3-11-23/h4-6,13-14,22H,1-3,9-12,15H2. The molecule has 2 amide bonds. The number of urea groups is 1. The van der Waals surface area contributed by atoms with Crippen molar-refractivity contribution < 1.29 is 9.63 Å². The largest absolute Gasteiger partial charge is 0.325 e. The first kappa shape index (κ1) is 17.3. The fourth-order valence-corrected chi connectivity index (χ4v) is 3.89. The highest BCUT2D eigenvalue weighted by atomic mass is 35.5. The van der Waals surface area contributed by atoms with E-state index < -0.39 is 5.60 Å². The molecule has 1 spiro atoms. The van der Waals surface area contributed by atoms with Gasteiger partial charge in [0.05, 0.1) is 6.54 Å². The Kier molecular flexibility index (Phi) is 4.80. The third-order valence-electron chi connectivity index (χ3n) is 5.10. The highest BCUT2D eigenvalue weighted by molar-refractivity contribution is 6.30. The second-order valence-corrected chi connectivity index (χ2v) is 7.53. The molecule has 0 aromatic heterocycles. The van der Waals surface area contributed by atoms with Gasteiger partial charge in [0, 0.05) is 36.6 Å². The van der Waals surface area contributed by atoms with Gasteiger partial charge in [-0.25, -0.2) is 4.79 Å². The average Bonchev–Trinajstić information content (AvgIpc) is 3.27. The van der Waals surface area contributed by atoms with Crippen LogP contribution < -0.4 is 5.48 Å². The quantitative estimate of drug-likeness (QED) is 0.712. The van der Waals surface area contributed by atoms with E-state index in [4.69, 9.17) is 16.4 Å². The number of piperidine rings is 1. The van der Waals surface area contributed by atoms with Gasteiger partial charge in [0.25, 0.3) is 0 Å². The van der Waals surface area contributed by atoms with Gasteiger partial charge < -0.3 is 9.80 Å². The van der Waals surface area contributed by atoms with Gasteiger partial charge in [0.1, 0.15) is 11.3 Å². The van der Waals surface area contributed by atoms with Crippen molar-refractivity contribution in [1.29, 1.82) is 0 Å². The number of allylic oxidation sites excluding steroid dienone is 1. The minimum Gasteiger partial charge on any atom is -0.325 e. The Morgan fingerprint density at radius 1 is 1.15 bits per heavy atom. The summed E-state index contributed by atoms with van der Waals surface area (Å²) in [5.74, 6) is 6.17. The normalized spacial score (nSPS) is 24.9. The topological polar surface area (TPSA) is 44.8 Å². The second kappa shape index (κ2) is 7.22. The lowest BCUT2D eigenvalue weighted by Gasteiger charge is -2.31. The van der Waals surface area contributed by atoms with Gasteiger partial charge in [-0.2, -0.15) is 0 Å². The summed E-state index contributed by atoms with van der Waals surface area (Å²) < 4.78 is 0. The average molecular weight is 372 g/mol. The first-order valence-corrected chi connectivity index (χ1v) is 9.50. The summed E-state index contributed by atoms with van der Waals surface area (Å²) in [7, 11) is 0. The molecule has 2 fully saturated rings. The Morgan fingerprint density at radius 3 is 2.81 bits per heavy atom. The maximum Gasteiger partial charge on any atom is 0.320 e. The molecule has 26 heavy (non-hydrogen) atoms. The molecule has 6 heteroatoms. The van der Waals surface area contributed by atoms with E-state index >= 15 is 0 Å². The molecule has 0 bridgehead atoms. The third-order valence-corrected chi connectivity index (χ3v) is 5.33. The summed E-state index contributed by atoms with van der Waals surface area (Å²) in [6, 6.07) is 7.58. The van der Waals surface area contributed by atoms with Gasteiger partial charge in [0.2, 0.25) is 0 Å². The van der Waals surface area contributed by atoms with Crippen molar-refractivity contribution >= 4 is 17.6 Å². The number of nitrogens with zero attached hydrogens (tertiary/aromatic N) is 2. The van der Waals surface area contributed by atoms with Crippen LogP contribution in [0.15, 0.2) is 36.0 Å². The molecule has 1 aromatic rings. The zero-order valence-corrected chi connectivity index (χ0v) is 15.4. The summed E-state index contributed by atoms with van der Waals surface area (Å²) in [6.45, 7) is 3.02. The van der Waals surface area contributed by atoms with Crippen LogP contribution in [0.5, 0.6) is 0 Å². The summed E-state index contributed by atoms with van der Waals surface area (Å²) >= 11 is 5.98. The van der Waals surface area contributed by atoms with E-state index in [2.05, 4.69) is 17.3 Å². The molecule has 1 aromatic carbocycles. The number of nitrogens with one attached hydrogen (secondary N) is 1. The first-order chi connectivity index (χ1) is 12.6. The van der Waals surface area contributed by atoms with Crippen molar-refractivity contribution in [1.82, 2.24) is 15.3 Å². The van der Waals surface area contributed by atoms with Gasteiger partial charge in [-0.1, -0.05) is 23.6 Å². The predicted molar refractivity (Wildman–Crippen MR) is 100 cm³/mol. The van der Waals surface area contributed by atoms with Gasteiger partial charge in [0.15, 0.2) is 0 Å². The number of rotatable bonds is 0. The predicted octanol–water partition coefficient (Wildman–Crippen LogP) is 3.16. The molecule has 3 aliphatic rings. The minimum atomic E-state index is -0.468. The monoisotopic (exact) mass is 371 g/mol. The number of amides is 2. The lowest BCUT2D eigenvalue weighted by molar-refractivity contribution is -0.0300. The van der Waals surface area contributed by atoms with Crippen LogP contribution in [-0.4, -0.2) is 47.6 Å². The molecule has 136 valence electrons. The number of hydroxylamine groups is 1. The Bertz CT molecular complexity index is 792. The molecule has 0 saturated carbocycles. The molecule has 4 rings (SSSR count). The summed E-state index contributed by atoms with van der Waals surface area (Å²) in [6.07, 6.45) is 6.21. The van der Waals surface area contributed by atoms with Crippen molar-refractivity contribution in [2.24, 2.45) is 0 Å². The van der Waals surface area contributed by atoms with Crippen LogP contribution >= 0.6 is 11.6 Å². The molecule has 1 atom stereocenters. The maximum atomic E-state index is 12.7. The van der Waals surface area contributed by atoms with Gasteiger partial charge >= 0.3 is 6.03 Å². The highest BCUT2D eigenvalue weighted by Crippen LogP contribution is 2.31. The van der Waals surface area contributed by atoms with Crippen molar-refractivity contribution in [2.45, 2.75) is 31.3 Å². The Morgan fingerprint density at radius 2 is 2.00 bits per heavy atom. The van der Waals surface area contributed by atoms with Gasteiger partial charge in [-0.15, -0.1) is 0 Å². The smallest absolute Gasteiger partial charge is 0.320 e. The fourth-order valence-electron chi connectivity index (χ4n) is 3.70. The number of benzene rings is 1. The highest BCUT2D eigenvalue weighted by Gasteiger charge is 2.44. The lowest BCUT2D eigenvalue weighted by Crippen LogP contribution is -2.46. The summed E-state index contributed by atoms with van der Waals surface area (Å²) in [5.41, 5.74) is 4.04. The van der Waals surface area contributed by atoms with E-state index in [1.165, 1.54) is 6.42 Å². The zero-order valence-electron chi connectivity index (χ0n) is 14.6. The van der Waals surface area contributed by atoms with Crippen LogP contribution in [-0.2, 0) is 4.84 Å². The Hall–Kier alpha value is -2.16. The zero-order chi connectivity index (χ0) is 18.0. The van der Waals surface area contributed by atoms with Crippen LogP contribution in [0.2, 0.25) is 5.02 Å². The fraction of sp³-hybridized carbons (Fsp3) is 0.450. The number of likely N-dealkylation sites (tertiary alicyclic amines) is 2. The van der Waals surface area contributed by atoms with Gasteiger partial charge in [-0.3, -0.25) is 10.3 Å². The third kappa shape index (κ3) is 3.67. The van der Waals surface area contributed by atoms with Crippen LogP contribution in [0.1, 0.15) is 31.2 Å². The molecule has 3 aliphatic heterocycles. The van der Waals surface area contributed by atoms with Crippen molar-refractivity contribution in [3.63, 3.8) is 0 Å². The van der Waals surface area contributed by atoms with Crippen molar-refractivity contribution in [3.05, 3.63) is 46.6 Å². The van der Waals surface area contributed by atoms with Crippen LogP contribution in [0, 0.1) is 11.8 Å². The molecular weight excluding hydrogens is 350 g/mol. The summed E-state index contributed by atoms with van der Waals surface area (Å²) in [4.78, 5) is 22.4. The molecule has 2 saturated heterocycles. The Balaban J connectivity index is 1.42. The number of halogens is 1. The maximum absolute atomic E-state index is 12.7. The second-order valence-electron chi connectivity index (χ2n) is 7.09. The van der Waals surface area contributed by atoms with Gasteiger partial charge in [-0.05, 0) is 49.5 Å².